The van der Waals surface area contributed by atoms with Crippen molar-refractivity contribution in [1.82, 2.24) is 0 Å². The van der Waals surface area contributed by atoms with Gasteiger partial charge in [-0.05, 0) is 31.0 Å². The second-order valence-electron chi connectivity index (χ2n) is 4.35. The molecule has 1 atom stereocenters. The van der Waals surface area contributed by atoms with Gasteiger partial charge in [-0.3, -0.25) is 14.9 Å². The number of halogens is 1. The summed E-state index contributed by atoms with van der Waals surface area (Å²) in [7, 11) is 0. The van der Waals surface area contributed by atoms with Crippen LogP contribution in [-0.4, -0.2) is 17.4 Å². The molecule has 0 saturated heterocycles. The molecule has 19 heavy (non-hydrogen) atoms. The standard InChI is InChI=1S/C12H16FN3O3/c1-8(7-14)2-5-12(17)15-9-3-4-10(13)11(6-9)16(18)19/h3-4,6,8H,2,5,7,14H2,1H3,(H,15,17). The molecule has 0 aliphatic rings. The van der Waals surface area contributed by atoms with Crippen molar-refractivity contribution in [3.63, 3.8) is 0 Å². The number of nitro groups is 1. The topological polar surface area (TPSA) is 98.3 Å². The summed E-state index contributed by atoms with van der Waals surface area (Å²) in [6, 6.07) is 3.24. The molecule has 0 aliphatic carbocycles. The van der Waals surface area contributed by atoms with Crippen molar-refractivity contribution in [3.8, 4) is 0 Å². The Morgan fingerprint density at radius 1 is 1.58 bits per heavy atom. The molecule has 1 amide bonds. The minimum absolute atomic E-state index is 0.207. The number of hydrogen-bond acceptors (Lipinski definition) is 4. The predicted octanol–water partition coefficient (Wildman–Crippen LogP) is 2.05. The average Bonchev–Trinajstić information content (AvgIpc) is 2.37. The minimum atomic E-state index is -0.931. The van der Waals surface area contributed by atoms with Crippen LogP contribution in [0.25, 0.3) is 0 Å². The van der Waals surface area contributed by atoms with Gasteiger partial charge in [0.1, 0.15) is 0 Å². The van der Waals surface area contributed by atoms with Crippen LogP contribution in [0.3, 0.4) is 0 Å². The van der Waals surface area contributed by atoms with Crippen molar-refractivity contribution < 1.29 is 14.1 Å². The zero-order valence-electron chi connectivity index (χ0n) is 10.6. The zero-order valence-corrected chi connectivity index (χ0v) is 10.6. The molecule has 7 heteroatoms. The van der Waals surface area contributed by atoms with Crippen LogP contribution in [0, 0.1) is 21.8 Å². The van der Waals surface area contributed by atoms with E-state index in [9.17, 15) is 19.3 Å². The highest BCUT2D eigenvalue weighted by molar-refractivity contribution is 5.91. The van der Waals surface area contributed by atoms with Gasteiger partial charge in [-0.2, -0.15) is 4.39 Å². The minimum Gasteiger partial charge on any atom is -0.330 e. The number of amides is 1. The number of hydrogen-bond donors (Lipinski definition) is 2. The normalized spacial score (nSPS) is 11.9. The molecule has 0 fully saturated rings. The largest absolute Gasteiger partial charge is 0.330 e. The van der Waals surface area contributed by atoms with Gasteiger partial charge in [0.15, 0.2) is 0 Å². The van der Waals surface area contributed by atoms with E-state index in [4.69, 9.17) is 5.73 Å². The van der Waals surface area contributed by atoms with Crippen LogP contribution in [0.15, 0.2) is 18.2 Å². The summed E-state index contributed by atoms with van der Waals surface area (Å²) in [5, 5.41) is 13.0. The van der Waals surface area contributed by atoms with Gasteiger partial charge in [0.25, 0.3) is 0 Å². The lowest BCUT2D eigenvalue weighted by Gasteiger charge is -2.08. The summed E-state index contributed by atoms with van der Waals surface area (Å²) < 4.78 is 13.1. The molecule has 0 bridgehead atoms. The van der Waals surface area contributed by atoms with Crippen molar-refractivity contribution in [2.75, 3.05) is 11.9 Å². The fourth-order valence-electron chi connectivity index (χ4n) is 1.45. The molecule has 0 aliphatic heterocycles. The third-order valence-corrected chi connectivity index (χ3v) is 2.69. The van der Waals surface area contributed by atoms with Crippen LogP contribution in [0.2, 0.25) is 0 Å². The Kier molecular flexibility index (Phi) is 5.37. The first kappa shape index (κ1) is 15.0. The number of benzene rings is 1. The number of carbonyl (C=O) groups excluding carboxylic acids is 1. The summed E-state index contributed by atoms with van der Waals surface area (Å²) >= 11 is 0. The Hall–Kier alpha value is -2.02. The van der Waals surface area contributed by atoms with E-state index in [-0.39, 0.29) is 23.9 Å². The maximum Gasteiger partial charge on any atom is 0.306 e. The molecule has 104 valence electrons. The number of carbonyl (C=O) groups is 1. The lowest BCUT2D eigenvalue weighted by Crippen LogP contribution is -2.16. The molecule has 1 aromatic carbocycles. The van der Waals surface area contributed by atoms with Gasteiger partial charge in [0, 0.05) is 18.2 Å². The molecule has 6 nitrogen and oxygen atoms in total. The highest BCUT2D eigenvalue weighted by atomic mass is 19.1. The van der Waals surface area contributed by atoms with E-state index in [2.05, 4.69) is 5.32 Å². The fraction of sp³-hybridized carbons (Fsp3) is 0.417. The summed E-state index contributed by atoms with van der Waals surface area (Å²) in [4.78, 5) is 21.3. The number of anilines is 1. The van der Waals surface area contributed by atoms with Crippen molar-refractivity contribution in [2.24, 2.45) is 11.7 Å². The summed E-state index contributed by atoms with van der Waals surface area (Å²) in [6.45, 7) is 2.42. The number of nitro benzene ring substituents is 1. The maximum absolute atomic E-state index is 13.1. The van der Waals surface area contributed by atoms with Crippen LogP contribution < -0.4 is 11.1 Å². The van der Waals surface area contributed by atoms with E-state index in [1.165, 1.54) is 6.07 Å². The second kappa shape index (κ2) is 6.79. The molecule has 0 aromatic heterocycles. The molecule has 0 radical (unpaired) electrons. The molecule has 1 unspecified atom stereocenters. The highest BCUT2D eigenvalue weighted by Gasteiger charge is 2.15. The quantitative estimate of drug-likeness (QED) is 0.610. The van der Waals surface area contributed by atoms with E-state index >= 15 is 0 Å². The average molecular weight is 269 g/mol. The maximum atomic E-state index is 13.1. The van der Waals surface area contributed by atoms with Gasteiger partial charge in [-0.1, -0.05) is 6.92 Å². The van der Waals surface area contributed by atoms with Crippen molar-refractivity contribution >= 4 is 17.3 Å². The molecule has 1 aromatic rings. The number of nitrogens with two attached hydrogens (primary N) is 1. The van der Waals surface area contributed by atoms with Gasteiger partial charge in [0.2, 0.25) is 11.7 Å². The van der Waals surface area contributed by atoms with Crippen molar-refractivity contribution in [2.45, 2.75) is 19.8 Å². The van der Waals surface area contributed by atoms with Gasteiger partial charge >= 0.3 is 5.69 Å². The molecule has 3 N–H and O–H groups in total. The molecule has 0 heterocycles. The Morgan fingerprint density at radius 2 is 2.26 bits per heavy atom. The van der Waals surface area contributed by atoms with Crippen molar-refractivity contribution in [3.05, 3.63) is 34.1 Å². The zero-order chi connectivity index (χ0) is 14.4. The number of rotatable bonds is 6. The van der Waals surface area contributed by atoms with Crippen LogP contribution in [-0.2, 0) is 4.79 Å². The van der Waals surface area contributed by atoms with Gasteiger partial charge in [0.05, 0.1) is 4.92 Å². The second-order valence-corrected chi connectivity index (χ2v) is 4.35. The monoisotopic (exact) mass is 269 g/mol. The van der Waals surface area contributed by atoms with E-state index in [0.717, 1.165) is 12.1 Å². The van der Waals surface area contributed by atoms with E-state index in [0.29, 0.717) is 13.0 Å². The summed E-state index contributed by atoms with van der Waals surface area (Å²) in [5.41, 5.74) is 4.98. The molecule has 0 saturated carbocycles. The highest BCUT2D eigenvalue weighted by Crippen LogP contribution is 2.21. The first-order chi connectivity index (χ1) is 8.93. The molecular weight excluding hydrogens is 253 g/mol. The van der Waals surface area contributed by atoms with Gasteiger partial charge in [-0.25, -0.2) is 0 Å². The van der Waals surface area contributed by atoms with E-state index in [1.54, 1.807) is 0 Å². The van der Waals surface area contributed by atoms with E-state index in [1.807, 2.05) is 6.92 Å². The van der Waals surface area contributed by atoms with Gasteiger partial charge in [-0.15, -0.1) is 0 Å². The fourth-order valence-corrected chi connectivity index (χ4v) is 1.45. The third kappa shape index (κ3) is 4.63. The number of nitrogens with zero attached hydrogens (tertiary/aromatic N) is 1. The third-order valence-electron chi connectivity index (χ3n) is 2.69. The predicted molar refractivity (Wildman–Crippen MR) is 69.1 cm³/mol. The molecule has 1 rings (SSSR count). The summed E-state index contributed by atoms with van der Waals surface area (Å²) in [5.74, 6) is -0.978. The van der Waals surface area contributed by atoms with Crippen LogP contribution in [0.4, 0.5) is 15.8 Å². The first-order valence-electron chi connectivity index (χ1n) is 5.88. The molecular formula is C12H16FN3O3. The van der Waals surface area contributed by atoms with E-state index < -0.39 is 16.4 Å². The first-order valence-corrected chi connectivity index (χ1v) is 5.88. The van der Waals surface area contributed by atoms with Crippen LogP contribution >= 0.6 is 0 Å². The Morgan fingerprint density at radius 3 is 2.84 bits per heavy atom. The Bertz CT molecular complexity index is 479. The van der Waals surface area contributed by atoms with Crippen molar-refractivity contribution in [1.29, 1.82) is 0 Å². The lowest BCUT2D eigenvalue weighted by molar-refractivity contribution is -0.387. The summed E-state index contributed by atoms with van der Waals surface area (Å²) in [6.07, 6.45) is 0.898. The van der Waals surface area contributed by atoms with Crippen LogP contribution in [0.5, 0.6) is 0 Å². The molecule has 0 spiro atoms. The SMILES string of the molecule is CC(CN)CCC(=O)Nc1ccc(F)c([N+](=O)[O-])c1. The van der Waals surface area contributed by atoms with Crippen LogP contribution in [0.1, 0.15) is 19.8 Å². The lowest BCUT2D eigenvalue weighted by atomic mass is 10.1. The smallest absolute Gasteiger partial charge is 0.306 e. The van der Waals surface area contributed by atoms with Gasteiger partial charge < -0.3 is 11.1 Å². The Balaban J connectivity index is 2.64. The number of nitrogens with one attached hydrogen (secondary N) is 1. The Labute approximate surface area is 109 Å².